The standard InChI is InChI=1S/C15H10BrClN2O2/c16-12-7-11(5-6-13(12)17)19-14(15(20)21)10-3-1-9(8-18)2-4-10/h1-7,14,19H,(H,20,21). The van der Waals surface area contributed by atoms with Crippen molar-refractivity contribution in [3.8, 4) is 6.07 Å². The van der Waals surface area contributed by atoms with Gasteiger partial charge in [-0.2, -0.15) is 5.26 Å². The van der Waals surface area contributed by atoms with Crippen LogP contribution in [0.3, 0.4) is 0 Å². The van der Waals surface area contributed by atoms with E-state index in [1.54, 1.807) is 42.5 Å². The van der Waals surface area contributed by atoms with E-state index < -0.39 is 12.0 Å². The van der Waals surface area contributed by atoms with E-state index in [1.165, 1.54) is 0 Å². The maximum absolute atomic E-state index is 11.4. The van der Waals surface area contributed by atoms with E-state index in [9.17, 15) is 9.90 Å². The molecule has 106 valence electrons. The van der Waals surface area contributed by atoms with Gasteiger partial charge in [-0.3, -0.25) is 0 Å². The van der Waals surface area contributed by atoms with Crippen molar-refractivity contribution in [2.75, 3.05) is 5.32 Å². The predicted molar refractivity (Wildman–Crippen MR) is 84.3 cm³/mol. The fourth-order valence-corrected chi connectivity index (χ4v) is 2.29. The number of anilines is 1. The number of nitriles is 1. The quantitative estimate of drug-likeness (QED) is 0.851. The molecule has 0 saturated heterocycles. The molecule has 0 radical (unpaired) electrons. The number of nitrogens with one attached hydrogen (secondary N) is 1. The van der Waals surface area contributed by atoms with Crippen molar-refractivity contribution in [2.45, 2.75) is 6.04 Å². The molecule has 0 amide bonds. The van der Waals surface area contributed by atoms with Crippen LogP contribution in [0.15, 0.2) is 46.9 Å². The molecule has 0 heterocycles. The van der Waals surface area contributed by atoms with Crippen molar-refractivity contribution in [1.29, 1.82) is 5.26 Å². The van der Waals surface area contributed by atoms with Crippen LogP contribution in [-0.2, 0) is 4.79 Å². The van der Waals surface area contributed by atoms with Gasteiger partial charge in [0.2, 0.25) is 0 Å². The summed E-state index contributed by atoms with van der Waals surface area (Å²) in [6, 6.07) is 12.6. The highest BCUT2D eigenvalue weighted by Crippen LogP contribution is 2.28. The fraction of sp³-hybridized carbons (Fsp3) is 0.0667. The Balaban J connectivity index is 2.28. The monoisotopic (exact) mass is 364 g/mol. The van der Waals surface area contributed by atoms with Crippen molar-refractivity contribution in [2.24, 2.45) is 0 Å². The first-order chi connectivity index (χ1) is 10.0. The van der Waals surface area contributed by atoms with Crippen LogP contribution in [0.4, 0.5) is 5.69 Å². The summed E-state index contributed by atoms with van der Waals surface area (Å²) < 4.78 is 0.679. The number of halogens is 2. The van der Waals surface area contributed by atoms with E-state index in [-0.39, 0.29) is 0 Å². The van der Waals surface area contributed by atoms with Crippen LogP contribution in [0.1, 0.15) is 17.2 Å². The zero-order valence-corrected chi connectivity index (χ0v) is 13.0. The Morgan fingerprint density at radius 3 is 2.48 bits per heavy atom. The second-order valence-corrected chi connectivity index (χ2v) is 5.54. The molecule has 0 aromatic heterocycles. The normalized spacial score (nSPS) is 11.5. The Morgan fingerprint density at radius 2 is 1.95 bits per heavy atom. The SMILES string of the molecule is N#Cc1ccc(C(Nc2ccc(Cl)c(Br)c2)C(=O)O)cc1. The van der Waals surface area contributed by atoms with E-state index in [4.69, 9.17) is 16.9 Å². The van der Waals surface area contributed by atoms with Crippen molar-refractivity contribution in [3.05, 3.63) is 63.1 Å². The molecule has 0 aliphatic carbocycles. The summed E-state index contributed by atoms with van der Waals surface area (Å²) in [6.45, 7) is 0. The summed E-state index contributed by atoms with van der Waals surface area (Å²) in [7, 11) is 0. The van der Waals surface area contributed by atoms with Crippen LogP contribution in [0, 0.1) is 11.3 Å². The lowest BCUT2D eigenvalue weighted by Crippen LogP contribution is -2.20. The van der Waals surface area contributed by atoms with Crippen LogP contribution in [0.25, 0.3) is 0 Å². The Kier molecular flexibility index (Phi) is 4.84. The molecule has 0 aliphatic rings. The molecule has 0 fully saturated rings. The molecule has 0 spiro atoms. The van der Waals surface area contributed by atoms with Gasteiger partial charge in [-0.05, 0) is 51.8 Å². The molecule has 4 nitrogen and oxygen atoms in total. The van der Waals surface area contributed by atoms with E-state index >= 15 is 0 Å². The number of carboxylic acid groups (broad SMARTS) is 1. The van der Waals surface area contributed by atoms with Crippen LogP contribution in [0.5, 0.6) is 0 Å². The number of rotatable bonds is 4. The third kappa shape index (κ3) is 3.75. The van der Waals surface area contributed by atoms with Gasteiger partial charge in [0.1, 0.15) is 0 Å². The van der Waals surface area contributed by atoms with E-state index in [2.05, 4.69) is 21.2 Å². The summed E-state index contributed by atoms with van der Waals surface area (Å²) >= 11 is 9.20. The molecular formula is C15H10BrClN2O2. The van der Waals surface area contributed by atoms with Crippen molar-refractivity contribution < 1.29 is 9.90 Å². The minimum absolute atomic E-state index is 0.483. The minimum atomic E-state index is -1.01. The molecular weight excluding hydrogens is 356 g/mol. The van der Waals surface area contributed by atoms with E-state index in [1.807, 2.05) is 6.07 Å². The predicted octanol–water partition coefficient (Wildman–Crippen LogP) is 4.21. The molecule has 2 N–H and O–H groups in total. The third-order valence-electron chi connectivity index (χ3n) is 2.85. The summed E-state index contributed by atoms with van der Waals surface area (Å²) in [6.07, 6.45) is 0. The zero-order valence-electron chi connectivity index (χ0n) is 10.7. The zero-order chi connectivity index (χ0) is 15.4. The molecule has 2 rings (SSSR count). The summed E-state index contributed by atoms with van der Waals surface area (Å²) in [5.74, 6) is -1.01. The second kappa shape index (κ2) is 6.61. The highest BCUT2D eigenvalue weighted by atomic mass is 79.9. The van der Waals surface area contributed by atoms with Crippen molar-refractivity contribution in [3.63, 3.8) is 0 Å². The first kappa shape index (κ1) is 15.4. The molecule has 2 aromatic carbocycles. The maximum Gasteiger partial charge on any atom is 0.330 e. The van der Waals surface area contributed by atoms with Gasteiger partial charge >= 0.3 is 5.97 Å². The van der Waals surface area contributed by atoms with Gasteiger partial charge in [-0.25, -0.2) is 4.79 Å². The van der Waals surface area contributed by atoms with Crippen LogP contribution in [0.2, 0.25) is 5.02 Å². The Hall–Kier alpha value is -2.03. The fourth-order valence-electron chi connectivity index (χ4n) is 1.79. The van der Waals surface area contributed by atoms with Gasteiger partial charge in [-0.1, -0.05) is 23.7 Å². The number of benzene rings is 2. The number of nitrogens with zero attached hydrogens (tertiary/aromatic N) is 1. The Labute approximate surface area is 135 Å². The minimum Gasteiger partial charge on any atom is -0.479 e. The molecule has 21 heavy (non-hydrogen) atoms. The van der Waals surface area contributed by atoms with E-state index in [0.717, 1.165) is 0 Å². The third-order valence-corrected chi connectivity index (χ3v) is 4.06. The average molecular weight is 366 g/mol. The lowest BCUT2D eigenvalue weighted by Gasteiger charge is -2.16. The van der Waals surface area contributed by atoms with Crippen molar-refractivity contribution in [1.82, 2.24) is 0 Å². The van der Waals surface area contributed by atoms with Crippen molar-refractivity contribution >= 4 is 39.2 Å². The highest BCUT2D eigenvalue weighted by molar-refractivity contribution is 9.10. The van der Waals surface area contributed by atoms with Crippen LogP contribution >= 0.6 is 27.5 Å². The maximum atomic E-state index is 11.4. The lowest BCUT2D eigenvalue weighted by atomic mass is 10.0. The highest BCUT2D eigenvalue weighted by Gasteiger charge is 2.19. The summed E-state index contributed by atoms with van der Waals surface area (Å²) in [4.78, 5) is 11.4. The summed E-state index contributed by atoms with van der Waals surface area (Å²) in [5.41, 5.74) is 1.67. The number of carboxylic acids is 1. The van der Waals surface area contributed by atoms with Crippen LogP contribution in [-0.4, -0.2) is 11.1 Å². The Bertz CT molecular complexity index is 711. The Morgan fingerprint density at radius 1 is 1.29 bits per heavy atom. The molecule has 2 aromatic rings. The van der Waals surface area contributed by atoms with E-state index in [0.29, 0.717) is 26.3 Å². The first-order valence-corrected chi connectivity index (χ1v) is 7.13. The molecule has 0 saturated carbocycles. The average Bonchev–Trinajstić information content (AvgIpc) is 2.48. The second-order valence-electron chi connectivity index (χ2n) is 4.28. The van der Waals surface area contributed by atoms with Gasteiger partial charge in [0.05, 0.1) is 16.7 Å². The van der Waals surface area contributed by atoms with Gasteiger partial charge in [0.15, 0.2) is 6.04 Å². The molecule has 1 unspecified atom stereocenters. The molecule has 0 bridgehead atoms. The number of hydrogen-bond donors (Lipinski definition) is 2. The van der Waals surface area contributed by atoms with Crippen LogP contribution < -0.4 is 5.32 Å². The summed E-state index contributed by atoms with van der Waals surface area (Å²) in [5, 5.41) is 21.6. The topological polar surface area (TPSA) is 73.1 Å². The van der Waals surface area contributed by atoms with Gasteiger partial charge in [-0.15, -0.1) is 0 Å². The van der Waals surface area contributed by atoms with Gasteiger partial charge in [0, 0.05) is 10.2 Å². The molecule has 6 heteroatoms. The number of carbonyl (C=O) groups is 1. The first-order valence-electron chi connectivity index (χ1n) is 5.95. The van der Waals surface area contributed by atoms with Gasteiger partial charge in [0.25, 0.3) is 0 Å². The largest absolute Gasteiger partial charge is 0.479 e. The molecule has 1 atom stereocenters. The lowest BCUT2D eigenvalue weighted by molar-refractivity contribution is -0.138. The smallest absolute Gasteiger partial charge is 0.330 e. The molecule has 0 aliphatic heterocycles. The number of hydrogen-bond acceptors (Lipinski definition) is 3. The van der Waals surface area contributed by atoms with Gasteiger partial charge < -0.3 is 10.4 Å². The number of aliphatic carboxylic acids is 1.